The third-order valence-electron chi connectivity index (χ3n) is 5.73. The molecule has 0 unspecified atom stereocenters. The van der Waals surface area contributed by atoms with Gasteiger partial charge in [-0.2, -0.15) is 0 Å². The van der Waals surface area contributed by atoms with Crippen molar-refractivity contribution in [1.29, 1.82) is 0 Å². The summed E-state index contributed by atoms with van der Waals surface area (Å²) < 4.78 is 11.5. The van der Waals surface area contributed by atoms with Crippen LogP contribution < -0.4 is 10.1 Å². The van der Waals surface area contributed by atoms with Crippen molar-refractivity contribution < 1.29 is 14.3 Å². The van der Waals surface area contributed by atoms with E-state index in [9.17, 15) is 4.79 Å². The summed E-state index contributed by atoms with van der Waals surface area (Å²) in [6.45, 7) is 0.630. The lowest BCUT2D eigenvalue weighted by molar-refractivity contribution is -0.121. The Morgan fingerprint density at radius 3 is 2.70 bits per heavy atom. The number of hydrogen-bond acceptors (Lipinski definition) is 5. The molecule has 2 fully saturated rings. The van der Waals surface area contributed by atoms with Gasteiger partial charge in [0, 0.05) is 12.8 Å². The van der Waals surface area contributed by atoms with Gasteiger partial charge in [-0.1, -0.05) is 31.4 Å². The number of amides is 1. The van der Waals surface area contributed by atoms with Gasteiger partial charge in [-0.05, 0) is 31.4 Å². The van der Waals surface area contributed by atoms with E-state index in [1.807, 2.05) is 24.3 Å². The number of hydrogen-bond donors (Lipinski definition) is 1. The monoisotopic (exact) mass is 369 g/mol. The highest BCUT2D eigenvalue weighted by molar-refractivity contribution is 5.77. The summed E-state index contributed by atoms with van der Waals surface area (Å²) in [5.41, 5.74) is 2.35. The largest absolute Gasteiger partial charge is 0.480 e. The Morgan fingerprint density at radius 2 is 1.96 bits per heavy atom. The summed E-state index contributed by atoms with van der Waals surface area (Å²) in [4.78, 5) is 21.6. The summed E-state index contributed by atoms with van der Waals surface area (Å²) in [5.74, 6) is 0.528. The van der Waals surface area contributed by atoms with Gasteiger partial charge in [-0.3, -0.25) is 4.79 Å². The first-order valence-corrected chi connectivity index (χ1v) is 9.90. The van der Waals surface area contributed by atoms with Gasteiger partial charge < -0.3 is 14.8 Å². The molecule has 1 spiro atoms. The second-order valence-corrected chi connectivity index (χ2v) is 7.69. The van der Waals surface area contributed by atoms with Crippen LogP contribution in [-0.4, -0.2) is 41.2 Å². The maximum atomic E-state index is 12.5. The van der Waals surface area contributed by atoms with Gasteiger partial charge in [0.1, 0.15) is 5.69 Å². The third-order valence-corrected chi connectivity index (χ3v) is 5.73. The number of methoxy groups -OCH3 is 1. The van der Waals surface area contributed by atoms with E-state index in [1.54, 1.807) is 7.11 Å². The van der Waals surface area contributed by atoms with Gasteiger partial charge in [0.25, 0.3) is 0 Å². The van der Waals surface area contributed by atoms with Gasteiger partial charge >= 0.3 is 0 Å². The first-order valence-electron chi connectivity index (χ1n) is 9.90. The first-order chi connectivity index (χ1) is 13.2. The number of nitrogens with one attached hydrogen (secondary N) is 1. The summed E-state index contributed by atoms with van der Waals surface area (Å²) in [5, 5.41) is 3.14. The highest BCUT2D eigenvalue weighted by Gasteiger charge is 2.41. The van der Waals surface area contributed by atoms with E-state index in [4.69, 9.17) is 9.47 Å². The smallest absolute Gasteiger partial charge is 0.235 e. The molecule has 4 rings (SSSR count). The van der Waals surface area contributed by atoms with E-state index in [-0.39, 0.29) is 17.6 Å². The minimum absolute atomic E-state index is 0.0171. The molecule has 1 amide bonds. The van der Waals surface area contributed by atoms with Crippen LogP contribution in [-0.2, 0) is 16.0 Å². The van der Waals surface area contributed by atoms with E-state index in [1.165, 1.54) is 19.3 Å². The molecule has 1 atom stereocenters. The van der Waals surface area contributed by atoms with Gasteiger partial charge in [-0.15, -0.1) is 0 Å². The molecule has 1 saturated heterocycles. The molecule has 1 aliphatic heterocycles. The zero-order valence-corrected chi connectivity index (χ0v) is 15.9. The van der Waals surface area contributed by atoms with Crippen molar-refractivity contribution in [2.24, 2.45) is 0 Å². The van der Waals surface area contributed by atoms with E-state index in [0.717, 1.165) is 36.0 Å². The molecule has 0 bridgehead atoms. The zero-order valence-electron chi connectivity index (χ0n) is 15.9. The predicted molar refractivity (Wildman–Crippen MR) is 103 cm³/mol. The number of rotatable bonds is 5. The number of para-hydroxylation sites is 2. The van der Waals surface area contributed by atoms with Crippen LogP contribution >= 0.6 is 0 Å². The molecule has 144 valence electrons. The summed E-state index contributed by atoms with van der Waals surface area (Å²) in [6.07, 6.45) is 7.85. The molecule has 1 aliphatic carbocycles. The van der Waals surface area contributed by atoms with Crippen molar-refractivity contribution in [3.05, 3.63) is 30.0 Å². The van der Waals surface area contributed by atoms with E-state index < -0.39 is 0 Å². The molecule has 27 heavy (non-hydrogen) atoms. The SMILES string of the molecule is COc1nc2ccccc2nc1CCC(=O)N[C@H]1COC2(CCCCC2)C1. The molecule has 6 heteroatoms. The van der Waals surface area contributed by atoms with Crippen LogP contribution in [0.25, 0.3) is 11.0 Å². The lowest BCUT2D eigenvalue weighted by Crippen LogP contribution is -2.37. The number of carbonyl (C=O) groups is 1. The molecule has 2 aliphatic rings. The Morgan fingerprint density at radius 1 is 1.22 bits per heavy atom. The standard InChI is InChI=1S/C21H27N3O3/c1-26-20-18(23-16-7-3-4-8-17(16)24-20)9-10-19(25)22-15-13-21(27-14-15)11-5-2-6-12-21/h3-4,7-8,15H,2,5-6,9-14H2,1H3,(H,22,25)/t15-/m1/s1. The normalized spacial score (nSPS) is 21.4. The first kappa shape index (κ1) is 18.2. The average Bonchev–Trinajstić information content (AvgIpc) is 3.07. The Kier molecular flexibility index (Phi) is 5.25. The Balaban J connectivity index is 1.35. The number of nitrogens with zero attached hydrogens (tertiary/aromatic N) is 2. The molecule has 6 nitrogen and oxygen atoms in total. The molecule has 0 radical (unpaired) electrons. The zero-order chi connectivity index (χ0) is 18.7. The fourth-order valence-electron chi connectivity index (χ4n) is 4.36. The number of benzene rings is 1. The van der Waals surface area contributed by atoms with Gasteiger partial charge in [0.15, 0.2) is 0 Å². The lowest BCUT2D eigenvalue weighted by Gasteiger charge is -2.32. The van der Waals surface area contributed by atoms with Crippen molar-refractivity contribution in [1.82, 2.24) is 15.3 Å². The minimum Gasteiger partial charge on any atom is -0.480 e. The molecule has 1 N–H and O–H groups in total. The Hall–Kier alpha value is -2.21. The fourth-order valence-corrected chi connectivity index (χ4v) is 4.36. The molecular formula is C21H27N3O3. The third kappa shape index (κ3) is 4.05. The molecule has 1 saturated carbocycles. The van der Waals surface area contributed by atoms with Crippen LogP contribution in [0.3, 0.4) is 0 Å². The van der Waals surface area contributed by atoms with E-state index in [2.05, 4.69) is 15.3 Å². The van der Waals surface area contributed by atoms with Gasteiger partial charge in [-0.25, -0.2) is 9.97 Å². The fraction of sp³-hybridized carbons (Fsp3) is 0.571. The van der Waals surface area contributed by atoms with Gasteiger partial charge in [0.2, 0.25) is 11.8 Å². The summed E-state index contributed by atoms with van der Waals surface area (Å²) in [7, 11) is 1.59. The quantitative estimate of drug-likeness (QED) is 0.876. The Labute approximate surface area is 159 Å². The summed E-state index contributed by atoms with van der Waals surface area (Å²) >= 11 is 0. The van der Waals surface area contributed by atoms with Crippen LogP contribution in [0.2, 0.25) is 0 Å². The highest BCUT2D eigenvalue weighted by atomic mass is 16.5. The van der Waals surface area contributed by atoms with Crippen LogP contribution in [0.5, 0.6) is 5.88 Å². The van der Waals surface area contributed by atoms with Crippen LogP contribution in [0, 0.1) is 0 Å². The van der Waals surface area contributed by atoms with Crippen LogP contribution in [0.15, 0.2) is 24.3 Å². The molecule has 2 aromatic rings. The lowest BCUT2D eigenvalue weighted by atomic mass is 9.82. The molecular weight excluding hydrogens is 342 g/mol. The van der Waals surface area contributed by atoms with Crippen molar-refractivity contribution in [3.63, 3.8) is 0 Å². The number of carbonyl (C=O) groups excluding carboxylic acids is 1. The molecule has 2 heterocycles. The predicted octanol–water partition coefficient (Wildman–Crippen LogP) is 3.18. The second kappa shape index (κ2) is 7.80. The average molecular weight is 369 g/mol. The number of aryl methyl sites for hydroxylation is 1. The van der Waals surface area contributed by atoms with Crippen molar-refractivity contribution in [3.8, 4) is 5.88 Å². The minimum atomic E-state index is 0.0171. The van der Waals surface area contributed by atoms with Crippen molar-refractivity contribution in [2.75, 3.05) is 13.7 Å². The second-order valence-electron chi connectivity index (χ2n) is 7.69. The molecule has 1 aromatic heterocycles. The highest BCUT2D eigenvalue weighted by Crippen LogP contribution is 2.39. The maximum absolute atomic E-state index is 12.5. The van der Waals surface area contributed by atoms with Crippen molar-refractivity contribution in [2.45, 2.75) is 63.0 Å². The molecule has 1 aromatic carbocycles. The maximum Gasteiger partial charge on any atom is 0.235 e. The van der Waals surface area contributed by atoms with E-state index >= 15 is 0 Å². The number of aromatic nitrogens is 2. The van der Waals surface area contributed by atoms with Crippen molar-refractivity contribution >= 4 is 16.9 Å². The van der Waals surface area contributed by atoms with Crippen LogP contribution in [0.1, 0.15) is 50.6 Å². The van der Waals surface area contributed by atoms with Gasteiger partial charge in [0.05, 0.1) is 36.4 Å². The number of fused-ring (bicyclic) bond motifs is 1. The summed E-state index contributed by atoms with van der Waals surface area (Å²) in [6, 6.07) is 7.81. The number of ether oxygens (including phenoxy) is 2. The van der Waals surface area contributed by atoms with Crippen LogP contribution in [0.4, 0.5) is 0 Å². The Bertz CT molecular complexity index is 817. The topological polar surface area (TPSA) is 73.3 Å². The van der Waals surface area contributed by atoms with E-state index in [0.29, 0.717) is 25.3 Å².